The number of anilines is 2. The summed E-state index contributed by atoms with van der Waals surface area (Å²) in [5.41, 5.74) is 6.89. The van der Waals surface area contributed by atoms with E-state index in [1.807, 2.05) is 13.1 Å². The van der Waals surface area contributed by atoms with Crippen LogP contribution in [0.1, 0.15) is 16.1 Å². The first-order valence-electron chi connectivity index (χ1n) is 6.02. The van der Waals surface area contributed by atoms with Crippen molar-refractivity contribution in [2.75, 3.05) is 17.6 Å². The number of rotatable bonds is 5. The molecule has 106 valence electrons. The third-order valence-corrected chi connectivity index (χ3v) is 2.99. The topological polar surface area (TPSA) is 93.2 Å². The molecule has 0 saturated carbocycles. The second kappa shape index (κ2) is 5.60. The number of nitrogens with two attached hydrogens (primary N) is 1. The van der Waals surface area contributed by atoms with Gasteiger partial charge in [-0.25, -0.2) is 9.18 Å². The highest BCUT2D eigenvalue weighted by Gasteiger charge is 2.13. The van der Waals surface area contributed by atoms with E-state index in [2.05, 4.69) is 10.4 Å². The number of aromatic nitrogens is 2. The van der Waals surface area contributed by atoms with E-state index in [-0.39, 0.29) is 5.69 Å². The van der Waals surface area contributed by atoms with E-state index in [0.717, 1.165) is 17.8 Å². The number of hydrogen-bond acceptors (Lipinski definition) is 4. The summed E-state index contributed by atoms with van der Waals surface area (Å²) < 4.78 is 15.3. The number of nitrogens with zero attached hydrogens (tertiary/aromatic N) is 2. The highest BCUT2D eigenvalue weighted by molar-refractivity contribution is 5.90. The van der Waals surface area contributed by atoms with Crippen molar-refractivity contribution in [3.63, 3.8) is 0 Å². The number of aromatic carboxylic acids is 1. The Kier molecular flexibility index (Phi) is 3.88. The van der Waals surface area contributed by atoms with Gasteiger partial charge in [-0.3, -0.25) is 4.68 Å². The molecule has 0 atom stereocenters. The lowest BCUT2D eigenvalue weighted by Crippen LogP contribution is -2.11. The number of nitrogens with one attached hydrogen (secondary N) is 1. The van der Waals surface area contributed by atoms with Gasteiger partial charge in [-0.15, -0.1) is 0 Å². The van der Waals surface area contributed by atoms with Crippen molar-refractivity contribution in [1.29, 1.82) is 0 Å². The lowest BCUT2D eigenvalue weighted by molar-refractivity contribution is 0.0692. The van der Waals surface area contributed by atoms with Crippen molar-refractivity contribution in [3.8, 4) is 0 Å². The van der Waals surface area contributed by atoms with Crippen molar-refractivity contribution >= 4 is 17.3 Å². The standard InChI is InChI=1S/C13H15FN4O2/c1-18-8(3-5-17-18)2-4-16-12-7-10(14)9(13(19)20)6-11(12)15/h3,5-7,16H,2,4,15H2,1H3,(H,19,20). The maximum Gasteiger partial charge on any atom is 0.338 e. The number of carboxylic acid groups (broad SMARTS) is 1. The molecule has 0 aliphatic heterocycles. The molecule has 1 aromatic heterocycles. The summed E-state index contributed by atoms with van der Waals surface area (Å²) in [6.07, 6.45) is 2.39. The predicted octanol–water partition coefficient (Wildman–Crippen LogP) is 1.49. The maximum atomic E-state index is 13.6. The van der Waals surface area contributed by atoms with Gasteiger partial charge in [-0.2, -0.15) is 5.10 Å². The first kappa shape index (κ1) is 13.9. The second-order valence-corrected chi connectivity index (χ2v) is 4.35. The summed E-state index contributed by atoms with van der Waals surface area (Å²) in [6.45, 7) is 0.537. The van der Waals surface area contributed by atoms with Crippen LogP contribution in [-0.2, 0) is 13.5 Å². The van der Waals surface area contributed by atoms with Gasteiger partial charge in [0.2, 0.25) is 0 Å². The summed E-state index contributed by atoms with van der Waals surface area (Å²) in [6, 6.07) is 4.10. The lowest BCUT2D eigenvalue weighted by atomic mass is 10.1. The van der Waals surface area contributed by atoms with Crippen LogP contribution in [0.25, 0.3) is 0 Å². The number of carbonyl (C=O) groups is 1. The Labute approximate surface area is 115 Å². The molecule has 4 N–H and O–H groups in total. The molecule has 0 aliphatic rings. The normalized spacial score (nSPS) is 10.5. The van der Waals surface area contributed by atoms with Crippen LogP contribution in [0.4, 0.5) is 15.8 Å². The Hall–Kier alpha value is -2.57. The Morgan fingerprint density at radius 1 is 1.55 bits per heavy atom. The summed E-state index contributed by atoms with van der Waals surface area (Å²) >= 11 is 0. The predicted molar refractivity (Wildman–Crippen MR) is 73.2 cm³/mol. The van der Waals surface area contributed by atoms with E-state index in [1.54, 1.807) is 10.9 Å². The first-order valence-corrected chi connectivity index (χ1v) is 6.02. The molecule has 0 amide bonds. The van der Waals surface area contributed by atoms with Gasteiger partial charge in [-0.1, -0.05) is 0 Å². The molecule has 1 heterocycles. The minimum absolute atomic E-state index is 0.203. The largest absolute Gasteiger partial charge is 0.478 e. The molecule has 0 bridgehead atoms. The Morgan fingerprint density at radius 2 is 2.30 bits per heavy atom. The van der Waals surface area contributed by atoms with Crippen LogP contribution >= 0.6 is 0 Å². The van der Waals surface area contributed by atoms with Crippen LogP contribution < -0.4 is 11.1 Å². The highest BCUT2D eigenvalue weighted by Crippen LogP contribution is 2.23. The van der Waals surface area contributed by atoms with Crippen molar-refractivity contribution in [1.82, 2.24) is 9.78 Å². The molecule has 2 rings (SSSR count). The van der Waals surface area contributed by atoms with E-state index in [0.29, 0.717) is 18.7 Å². The second-order valence-electron chi connectivity index (χ2n) is 4.35. The average Bonchev–Trinajstić information content (AvgIpc) is 2.78. The zero-order chi connectivity index (χ0) is 14.7. The van der Waals surface area contributed by atoms with Gasteiger partial charge in [0.05, 0.1) is 16.9 Å². The summed E-state index contributed by atoms with van der Waals surface area (Å²) in [7, 11) is 1.84. The van der Waals surface area contributed by atoms with Crippen molar-refractivity contribution in [2.45, 2.75) is 6.42 Å². The molecule has 7 heteroatoms. The molecule has 1 aromatic carbocycles. The number of nitrogen functional groups attached to an aromatic ring is 1. The summed E-state index contributed by atoms with van der Waals surface area (Å²) in [5, 5.41) is 15.8. The smallest absolute Gasteiger partial charge is 0.338 e. The number of halogens is 1. The molecule has 0 unspecified atom stereocenters. The van der Waals surface area contributed by atoms with Crippen LogP contribution in [0.3, 0.4) is 0 Å². The van der Waals surface area contributed by atoms with Gasteiger partial charge in [0, 0.05) is 31.9 Å². The van der Waals surface area contributed by atoms with Crippen LogP contribution in [0.15, 0.2) is 24.4 Å². The average molecular weight is 278 g/mol. The van der Waals surface area contributed by atoms with E-state index in [9.17, 15) is 9.18 Å². The quantitative estimate of drug-likeness (QED) is 0.721. The van der Waals surface area contributed by atoms with E-state index in [1.165, 1.54) is 0 Å². The fourth-order valence-corrected chi connectivity index (χ4v) is 1.88. The molecule has 0 aliphatic carbocycles. The minimum atomic E-state index is -1.34. The Bertz CT molecular complexity index is 639. The molecule has 2 aromatic rings. The fraction of sp³-hybridized carbons (Fsp3) is 0.231. The van der Waals surface area contributed by atoms with Gasteiger partial charge in [0.1, 0.15) is 5.82 Å². The Balaban J connectivity index is 2.05. The molecule has 20 heavy (non-hydrogen) atoms. The van der Waals surface area contributed by atoms with Gasteiger partial charge >= 0.3 is 5.97 Å². The third kappa shape index (κ3) is 2.87. The fourth-order valence-electron chi connectivity index (χ4n) is 1.88. The van der Waals surface area contributed by atoms with E-state index in [4.69, 9.17) is 10.8 Å². The van der Waals surface area contributed by atoms with Crippen molar-refractivity contribution in [3.05, 3.63) is 41.5 Å². The summed E-state index contributed by atoms with van der Waals surface area (Å²) in [4.78, 5) is 10.8. The molecular weight excluding hydrogens is 263 g/mol. The first-order chi connectivity index (χ1) is 9.49. The number of carboxylic acids is 1. The monoisotopic (exact) mass is 278 g/mol. The summed E-state index contributed by atoms with van der Waals surface area (Å²) in [5.74, 6) is -2.15. The maximum absolute atomic E-state index is 13.6. The van der Waals surface area contributed by atoms with Gasteiger partial charge in [-0.05, 0) is 18.2 Å². The molecule has 0 saturated heterocycles. The number of benzene rings is 1. The van der Waals surface area contributed by atoms with Crippen molar-refractivity contribution < 1.29 is 14.3 Å². The lowest BCUT2D eigenvalue weighted by Gasteiger charge is -2.11. The van der Waals surface area contributed by atoms with Crippen LogP contribution in [0.2, 0.25) is 0 Å². The van der Waals surface area contributed by atoms with E-state index >= 15 is 0 Å². The number of hydrogen-bond donors (Lipinski definition) is 3. The zero-order valence-corrected chi connectivity index (χ0v) is 10.9. The van der Waals surface area contributed by atoms with Crippen LogP contribution in [-0.4, -0.2) is 27.4 Å². The molecular formula is C13H15FN4O2. The molecule has 6 nitrogen and oxygen atoms in total. The van der Waals surface area contributed by atoms with Crippen LogP contribution in [0.5, 0.6) is 0 Å². The molecule has 0 radical (unpaired) electrons. The third-order valence-electron chi connectivity index (χ3n) is 2.99. The molecule has 0 fully saturated rings. The zero-order valence-electron chi connectivity index (χ0n) is 10.9. The van der Waals surface area contributed by atoms with E-state index < -0.39 is 17.3 Å². The number of aryl methyl sites for hydroxylation is 1. The van der Waals surface area contributed by atoms with Gasteiger partial charge in [0.25, 0.3) is 0 Å². The Morgan fingerprint density at radius 3 is 2.90 bits per heavy atom. The van der Waals surface area contributed by atoms with Crippen molar-refractivity contribution in [2.24, 2.45) is 7.05 Å². The minimum Gasteiger partial charge on any atom is -0.478 e. The molecule has 0 spiro atoms. The van der Waals surface area contributed by atoms with Crippen LogP contribution in [0, 0.1) is 5.82 Å². The van der Waals surface area contributed by atoms with Gasteiger partial charge < -0.3 is 16.2 Å². The SMILES string of the molecule is Cn1nccc1CCNc1cc(F)c(C(=O)O)cc1N. The van der Waals surface area contributed by atoms with Gasteiger partial charge in [0.15, 0.2) is 0 Å². The highest BCUT2D eigenvalue weighted by atomic mass is 19.1.